The van der Waals surface area contributed by atoms with Gasteiger partial charge >= 0.3 is 6.09 Å². The summed E-state index contributed by atoms with van der Waals surface area (Å²) in [6.07, 6.45) is 1.77. The minimum absolute atomic E-state index is 0.163. The second kappa shape index (κ2) is 7.02. The second-order valence-corrected chi connectivity index (χ2v) is 6.71. The molecule has 0 atom stereocenters. The van der Waals surface area contributed by atoms with Crippen molar-refractivity contribution in [3.05, 3.63) is 52.8 Å². The Kier molecular flexibility index (Phi) is 4.76. The van der Waals surface area contributed by atoms with Gasteiger partial charge in [0.05, 0.1) is 6.20 Å². The number of nitrogens with zero attached hydrogens (tertiary/aromatic N) is 2. The highest BCUT2D eigenvalue weighted by atomic mass is 19.1. The number of amides is 1. The molecule has 0 saturated heterocycles. The van der Waals surface area contributed by atoms with Gasteiger partial charge in [-0.1, -0.05) is 0 Å². The van der Waals surface area contributed by atoms with Crippen molar-refractivity contribution in [2.24, 2.45) is 0 Å². The Bertz CT molecular complexity index is 1060. The highest BCUT2D eigenvalue weighted by Crippen LogP contribution is 2.29. The van der Waals surface area contributed by atoms with Crippen molar-refractivity contribution < 1.29 is 18.7 Å². The quantitative estimate of drug-likeness (QED) is 0.732. The summed E-state index contributed by atoms with van der Waals surface area (Å²) in [6.45, 7) is 5.34. The van der Waals surface area contributed by atoms with Gasteiger partial charge in [0.1, 0.15) is 11.3 Å². The Balaban J connectivity index is 1.81. The van der Waals surface area contributed by atoms with Crippen molar-refractivity contribution in [2.45, 2.75) is 26.3 Å². The van der Waals surface area contributed by atoms with Gasteiger partial charge in [-0.2, -0.15) is 0 Å². The molecule has 1 aromatic carbocycles. The molecule has 2 aromatic heterocycles. The van der Waals surface area contributed by atoms with Gasteiger partial charge in [0, 0.05) is 23.9 Å². The summed E-state index contributed by atoms with van der Waals surface area (Å²) in [5, 5.41) is 2.57. The number of aromatic nitrogens is 3. The van der Waals surface area contributed by atoms with Crippen LogP contribution >= 0.6 is 0 Å². The number of carbonyl (C=O) groups is 1. The molecule has 27 heavy (non-hydrogen) atoms. The lowest BCUT2D eigenvalue weighted by Crippen LogP contribution is -2.42. The SMILES string of the molecule is CC(C)(C)NC(=O)Oc1ccc(Oc2ccnc3[nH]c(=O)cnc23)cc1F. The van der Waals surface area contributed by atoms with E-state index in [1.807, 2.05) is 0 Å². The van der Waals surface area contributed by atoms with Gasteiger partial charge in [0.25, 0.3) is 5.56 Å². The fraction of sp³-hybridized carbons (Fsp3) is 0.222. The molecule has 0 saturated carbocycles. The van der Waals surface area contributed by atoms with Crippen molar-refractivity contribution in [3.8, 4) is 17.2 Å². The lowest BCUT2D eigenvalue weighted by Gasteiger charge is -2.20. The normalized spacial score (nSPS) is 11.3. The van der Waals surface area contributed by atoms with Crippen molar-refractivity contribution >= 4 is 17.3 Å². The topological polar surface area (TPSA) is 106 Å². The molecule has 0 aliphatic carbocycles. The fourth-order valence-corrected chi connectivity index (χ4v) is 2.19. The summed E-state index contributed by atoms with van der Waals surface area (Å²) in [5.41, 5.74) is -0.331. The van der Waals surface area contributed by atoms with Crippen LogP contribution in [0.25, 0.3) is 11.2 Å². The summed E-state index contributed by atoms with van der Waals surface area (Å²) in [4.78, 5) is 33.6. The second-order valence-electron chi connectivity index (χ2n) is 6.71. The highest BCUT2D eigenvalue weighted by Gasteiger charge is 2.17. The highest BCUT2D eigenvalue weighted by molar-refractivity contribution is 5.77. The fourth-order valence-electron chi connectivity index (χ4n) is 2.19. The van der Waals surface area contributed by atoms with Crippen molar-refractivity contribution in [2.75, 3.05) is 0 Å². The summed E-state index contributed by atoms with van der Waals surface area (Å²) < 4.78 is 24.9. The van der Waals surface area contributed by atoms with E-state index in [9.17, 15) is 14.0 Å². The summed E-state index contributed by atoms with van der Waals surface area (Å²) >= 11 is 0. The van der Waals surface area contributed by atoms with E-state index in [4.69, 9.17) is 9.47 Å². The lowest BCUT2D eigenvalue weighted by atomic mass is 10.1. The molecule has 3 rings (SSSR count). The molecule has 0 unspecified atom stereocenters. The van der Waals surface area contributed by atoms with E-state index in [1.54, 1.807) is 20.8 Å². The first-order valence-corrected chi connectivity index (χ1v) is 8.03. The number of hydrogen-bond acceptors (Lipinski definition) is 6. The Labute approximate surface area is 153 Å². The van der Waals surface area contributed by atoms with Crippen LogP contribution in [0.15, 0.2) is 41.5 Å². The van der Waals surface area contributed by atoms with Crippen LogP contribution in [-0.2, 0) is 0 Å². The van der Waals surface area contributed by atoms with E-state index in [0.29, 0.717) is 5.52 Å². The standard InChI is InChI=1S/C18H17FN4O4/c1-18(2,3)23-17(25)27-12-5-4-10(8-11(12)19)26-13-6-7-20-16-15(13)21-9-14(24)22-16/h4-9H,1-3H3,(H,23,25)(H,20,22,24). The largest absolute Gasteiger partial charge is 0.455 e. The number of aromatic amines is 1. The number of ether oxygens (including phenoxy) is 2. The van der Waals surface area contributed by atoms with Crippen LogP contribution in [0.2, 0.25) is 0 Å². The Morgan fingerprint density at radius 2 is 1.96 bits per heavy atom. The van der Waals surface area contributed by atoms with Crippen LogP contribution in [0.5, 0.6) is 17.2 Å². The molecule has 0 spiro atoms. The molecule has 2 heterocycles. The first-order chi connectivity index (χ1) is 12.7. The van der Waals surface area contributed by atoms with Crippen LogP contribution in [0.1, 0.15) is 20.8 Å². The van der Waals surface area contributed by atoms with Crippen LogP contribution in [0, 0.1) is 5.82 Å². The van der Waals surface area contributed by atoms with Gasteiger partial charge in [-0.05, 0) is 32.9 Å². The van der Waals surface area contributed by atoms with Gasteiger partial charge in [0.2, 0.25) is 0 Å². The van der Waals surface area contributed by atoms with E-state index in [0.717, 1.165) is 12.3 Å². The predicted octanol–water partition coefficient (Wildman–Crippen LogP) is 3.14. The number of nitrogens with one attached hydrogen (secondary N) is 2. The minimum atomic E-state index is -0.767. The number of carbonyl (C=O) groups excluding carboxylic acids is 1. The van der Waals surface area contributed by atoms with Crippen molar-refractivity contribution in [1.29, 1.82) is 0 Å². The van der Waals surface area contributed by atoms with E-state index >= 15 is 0 Å². The molecular weight excluding hydrogens is 355 g/mol. The molecule has 140 valence electrons. The molecule has 0 fully saturated rings. The third-order valence-corrected chi connectivity index (χ3v) is 3.25. The minimum Gasteiger partial charge on any atom is -0.455 e. The summed E-state index contributed by atoms with van der Waals surface area (Å²) in [6, 6.07) is 5.34. The third-order valence-electron chi connectivity index (χ3n) is 3.25. The summed E-state index contributed by atoms with van der Waals surface area (Å²) in [7, 11) is 0. The van der Waals surface area contributed by atoms with Crippen LogP contribution in [-0.4, -0.2) is 26.6 Å². The molecule has 0 radical (unpaired) electrons. The molecule has 8 nitrogen and oxygen atoms in total. The van der Waals surface area contributed by atoms with Gasteiger partial charge in [-0.15, -0.1) is 0 Å². The van der Waals surface area contributed by atoms with E-state index in [2.05, 4.69) is 20.3 Å². The molecular formula is C18H17FN4O4. The Morgan fingerprint density at radius 3 is 2.67 bits per heavy atom. The van der Waals surface area contributed by atoms with Gasteiger partial charge in [-0.3, -0.25) is 4.79 Å². The average molecular weight is 372 g/mol. The Hall–Kier alpha value is -3.49. The maximum absolute atomic E-state index is 14.3. The van der Waals surface area contributed by atoms with Gasteiger partial charge < -0.3 is 19.8 Å². The first kappa shape index (κ1) is 18.3. The maximum atomic E-state index is 14.3. The molecule has 9 heteroatoms. The van der Waals surface area contributed by atoms with Crippen LogP contribution < -0.4 is 20.3 Å². The molecule has 0 aliphatic heterocycles. The van der Waals surface area contributed by atoms with Crippen LogP contribution in [0.4, 0.5) is 9.18 Å². The predicted molar refractivity (Wildman–Crippen MR) is 95.5 cm³/mol. The van der Waals surface area contributed by atoms with E-state index < -0.39 is 23.0 Å². The molecule has 0 bridgehead atoms. The lowest BCUT2D eigenvalue weighted by molar-refractivity contribution is 0.188. The number of fused-ring (bicyclic) bond motifs is 1. The number of rotatable bonds is 3. The first-order valence-electron chi connectivity index (χ1n) is 8.03. The third kappa shape index (κ3) is 4.57. The zero-order valence-electron chi connectivity index (χ0n) is 14.9. The van der Waals surface area contributed by atoms with Gasteiger partial charge in [-0.25, -0.2) is 19.2 Å². The average Bonchev–Trinajstić information content (AvgIpc) is 2.55. The van der Waals surface area contributed by atoms with Crippen LogP contribution in [0.3, 0.4) is 0 Å². The van der Waals surface area contributed by atoms with Gasteiger partial charge in [0.15, 0.2) is 23.0 Å². The zero-order valence-corrected chi connectivity index (χ0v) is 14.9. The molecule has 2 N–H and O–H groups in total. The zero-order chi connectivity index (χ0) is 19.6. The number of pyridine rings is 1. The number of benzene rings is 1. The number of hydrogen-bond donors (Lipinski definition) is 2. The van der Waals surface area contributed by atoms with E-state index in [-0.39, 0.29) is 22.9 Å². The maximum Gasteiger partial charge on any atom is 0.413 e. The Morgan fingerprint density at radius 1 is 1.19 bits per heavy atom. The smallest absolute Gasteiger partial charge is 0.413 e. The molecule has 0 aliphatic rings. The number of halogens is 1. The summed E-state index contributed by atoms with van der Waals surface area (Å²) in [5.74, 6) is -0.547. The van der Waals surface area contributed by atoms with Crippen molar-refractivity contribution in [3.63, 3.8) is 0 Å². The van der Waals surface area contributed by atoms with E-state index in [1.165, 1.54) is 24.4 Å². The number of H-pyrrole nitrogens is 1. The molecule has 1 amide bonds. The molecule has 3 aromatic rings. The monoisotopic (exact) mass is 372 g/mol. The van der Waals surface area contributed by atoms with Crippen molar-refractivity contribution in [1.82, 2.24) is 20.3 Å².